The van der Waals surface area contributed by atoms with E-state index in [4.69, 9.17) is 20.9 Å². The van der Waals surface area contributed by atoms with Crippen LogP contribution in [-0.4, -0.2) is 43.8 Å². The molecular weight excluding hydrogens is 282 g/mol. The zero-order valence-electron chi connectivity index (χ0n) is 9.21. The highest BCUT2D eigenvalue weighted by molar-refractivity contribution is 8.13. The minimum atomic E-state index is -3.89. The molecular formula is C10H12ClNO5S. The van der Waals surface area contributed by atoms with E-state index in [0.29, 0.717) is 0 Å². The molecule has 18 heavy (non-hydrogen) atoms. The van der Waals surface area contributed by atoms with Gasteiger partial charge in [-0.15, -0.1) is 0 Å². The van der Waals surface area contributed by atoms with E-state index in [9.17, 15) is 13.2 Å². The predicted octanol–water partition coefficient (Wildman–Crippen LogP) is -0.303. The van der Waals surface area contributed by atoms with Crippen molar-refractivity contribution < 1.29 is 23.4 Å². The number of carbonyl (C=O) groups excluding carboxylic acids is 1. The Morgan fingerprint density at radius 3 is 2.67 bits per heavy atom. The Hall–Kier alpha value is -1.15. The van der Waals surface area contributed by atoms with E-state index in [0.717, 1.165) is 6.07 Å². The summed E-state index contributed by atoms with van der Waals surface area (Å²) in [6.07, 6.45) is -1.06. The summed E-state index contributed by atoms with van der Waals surface area (Å²) in [6.45, 7) is -0.608. The number of aliphatic hydroxyl groups excluding tert-OH is 2. The van der Waals surface area contributed by atoms with E-state index >= 15 is 0 Å². The van der Waals surface area contributed by atoms with Crippen LogP contribution in [0.3, 0.4) is 0 Å². The fourth-order valence-corrected chi connectivity index (χ4v) is 1.96. The maximum atomic E-state index is 11.6. The van der Waals surface area contributed by atoms with Crippen molar-refractivity contribution >= 4 is 25.6 Å². The highest BCUT2D eigenvalue weighted by Gasteiger charge is 2.13. The van der Waals surface area contributed by atoms with Gasteiger partial charge in [0.25, 0.3) is 15.0 Å². The molecule has 0 aliphatic rings. The molecule has 1 atom stereocenters. The first-order valence-electron chi connectivity index (χ1n) is 4.96. The van der Waals surface area contributed by atoms with Crippen molar-refractivity contribution in [1.82, 2.24) is 5.32 Å². The summed E-state index contributed by atoms with van der Waals surface area (Å²) < 4.78 is 22.2. The van der Waals surface area contributed by atoms with Crippen LogP contribution in [0.1, 0.15) is 10.4 Å². The van der Waals surface area contributed by atoms with Crippen LogP contribution in [0.2, 0.25) is 0 Å². The molecule has 100 valence electrons. The SMILES string of the molecule is O=C(NCC(O)CO)c1cccc(S(=O)(=O)Cl)c1. The van der Waals surface area contributed by atoms with Gasteiger partial charge in [0.1, 0.15) is 0 Å². The summed E-state index contributed by atoms with van der Waals surface area (Å²) in [6, 6.07) is 5.18. The molecule has 0 saturated heterocycles. The number of amides is 1. The van der Waals surface area contributed by atoms with Crippen LogP contribution in [0.25, 0.3) is 0 Å². The zero-order valence-corrected chi connectivity index (χ0v) is 10.8. The normalized spacial score (nSPS) is 13.1. The lowest BCUT2D eigenvalue weighted by atomic mass is 10.2. The number of hydrogen-bond donors (Lipinski definition) is 3. The Morgan fingerprint density at radius 2 is 2.11 bits per heavy atom. The molecule has 1 rings (SSSR count). The van der Waals surface area contributed by atoms with Gasteiger partial charge in [0.15, 0.2) is 0 Å². The molecule has 8 heteroatoms. The van der Waals surface area contributed by atoms with Gasteiger partial charge in [-0.2, -0.15) is 0 Å². The summed E-state index contributed by atoms with van der Waals surface area (Å²) in [4.78, 5) is 11.4. The maximum absolute atomic E-state index is 11.6. The van der Waals surface area contributed by atoms with E-state index in [2.05, 4.69) is 5.32 Å². The highest BCUT2D eigenvalue weighted by atomic mass is 35.7. The third-order valence-electron chi connectivity index (χ3n) is 2.09. The van der Waals surface area contributed by atoms with Crippen LogP contribution >= 0.6 is 10.7 Å². The number of carbonyl (C=O) groups is 1. The molecule has 1 aromatic carbocycles. The van der Waals surface area contributed by atoms with Gasteiger partial charge in [-0.1, -0.05) is 6.07 Å². The number of halogens is 1. The Labute approximate surface area is 109 Å². The molecule has 0 bridgehead atoms. The highest BCUT2D eigenvalue weighted by Crippen LogP contribution is 2.16. The molecule has 1 unspecified atom stereocenters. The molecule has 0 aliphatic heterocycles. The molecule has 0 aliphatic carbocycles. The molecule has 0 fully saturated rings. The maximum Gasteiger partial charge on any atom is 0.261 e. The minimum Gasteiger partial charge on any atom is -0.394 e. The molecule has 0 heterocycles. The first-order valence-corrected chi connectivity index (χ1v) is 7.27. The molecule has 3 N–H and O–H groups in total. The summed E-state index contributed by atoms with van der Waals surface area (Å²) in [5.74, 6) is -0.565. The Balaban J connectivity index is 2.81. The van der Waals surface area contributed by atoms with Crippen molar-refractivity contribution in [2.45, 2.75) is 11.0 Å². The van der Waals surface area contributed by atoms with Crippen LogP contribution in [-0.2, 0) is 9.05 Å². The Morgan fingerprint density at radius 1 is 1.44 bits per heavy atom. The van der Waals surface area contributed by atoms with Crippen molar-refractivity contribution in [3.05, 3.63) is 29.8 Å². The summed E-state index contributed by atoms with van der Waals surface area (Å²) in [5, 5.41) is 20.0. The van der Waals surface area contributed by atoms with Crippen LogP contribution in [0.4, 0.5) is 0 Å². The number of hydrogen-bond acceptors (Lipinski definition) is 5. The topological polar surface area (TPSA) is 104 Å². The second-order valence-electron chi connectivity index (χ2n) is 3.51. The molecule has 6 nitrogen and oxygen atoms in total. The van der Waals surface area contributed by atoms with Crippen molar-refractivity contribution in [3.63, 3.8) is 0 Å². The molecule has 0 aromatic heterocycles. The van der Waals surface area contributed by atoms with Crippen molar-refractivity contribution in [1.29, 1.82) is 0 Å². The van der Waals surface area contributed by atoms with Crippen LogP contribution < -0.4 is 5.32 Å². The lowest BCUT2D eigenvalue weighted by Crippen LogP contribution is -2.33. The Kier molecular flexibility index (Phi) is 5.09. The predicted molar refractivity (Wildman–Crippen MR) is 64.9 cm³/mol. The zero-order chi connectivity index (χ0) is 13.8. The lowest BCUT2D eigenvalue weighted by Gasteiger charge is -2.09. The fourth-order valence-electron chi connectivity index (χ4n) is 1.17. The van der Waals surface area contributed by atoms with Gasteiger partial charge >= 0.3 is 0 Å². The number of benzene rings is 1. The van der Waals surface area contributed by atoms with Crippen LogP contribution in [0, 0.1) is 0 Å². The molecule has 0 radical (unpaired) electrons. The Bertz CT molecular complexity index is 531. The third kappa shape index (κ3) is 4.26. The van der Waals surface area contributed by atoms with Crippen LogP contribution in [0.5, 0.6) is 0 Å². The van der Waals surface area contributed by atoms with Crippen molar-refractivity contribution in [3.8, 4) is 0 Å². The average Bonchev–Trinajstić information content (AvgIpc) is 2.34. The van der Waals surface area contributed by atoms with E-state index in [-0.39, 0.29) is 17.0 Å². The second kappa shape index (κ2) is 6.14. The number of rotatable bonds is 5. The van der Waals surface area contributed by atoms with Gasteiger partial charge in [-0.05, 0) is 18.2 Å². The summed E-state index contributed by atoms with van der Waals surface area (Å²) >= 11 is 0. The number of aliphatic hydroxyl groups is 2. The van der Waals surface area contributed by atoms with Gasteiger partial charge in [0.2, 0.25) is 0 Å². The van der Waals surface area contributed by atoms with Gasteiger partial charge in [0.05, 0.1) is 17.6 Å². The largest absolute Gasteiger partial charge is 0.394 e. The van der Waals surface area contributed by atoms with Crippen molar-refractivity contribution in [2.24, 2.45) is 0 Å². The number of nitrogens with one attached hydrogen (secondary N) is 1. The molecule has 1 amide bonds. The van der Waals surface area contributed by atoms with Gasteiger partial charge in [0, 0.05) is 22.8 Å². The van der Waals surface area contributed by atoms with Gasteiger partial charge in [-0.25, -0.2) is 8.42 Å². The lowest BCUT2D eigenvalue weighted by molar-refractivity contribution is 0.0802. The van der Waals surface area contributed by atoms with E-state index in [1.54, 1.807) is 0 Å². The minimum absolute atomic E-state index is 0.0989. The second-order valence-corrected chi connectivity index (χ2v) is 6.08. The van der Waals surface area contributed by atoms with E-state index in [1.807, 2.05) is 0 Å². The quantitative estimate of drug-likeness (QED) is 0.647. The monoisotopic (exact) mass is 293 g/mol. The molecule has 0 spiro atoms. The molecule has 0 saturated carbocycles. The average molecular weight is 294 g/mol. The van der Waals surface area contributed by atoms with E-state index in [1.165, 1.54) is 18.2 Å². The van der Waals surface area contributed by atoms with E-state index < -0.39 is 27.7 Å². The molecule has 1 aromatic rings. The third-order valence-corrected chi connectivity index (χ3v) is 3.44. The van der Waals surface area contributed by atoms with Crippen LogP contribution in [0.15, 0.2) is 29.2 Å². The standard InChI is InChI=1S/C10H12ClNO5S/c11-18(16,17)9-3-1-2-7(4-9)10(15)12-5-8(14)6-13/h1-4,8,13-14H,5-6H2,(H,12,15). The first-order chi connectivity index (χ1) is 8.34. The van der Waals surface area contributed by atoms with Gasteiger partial charge in [-0.3, -0.25) is 4.79 Å². The fraction of sp³-hybridized carbons (Fsp3) is 0.300. The smallest absolute Gasteiger partial charge is 0.261 e. The summed E-state index contributed by atoms with van der Waals surface area (Å²) in [7, 11) is 1.26. The van der Waals surface area contributed by atoms with Gasteiger partial charge < -0.3 is 15.5 Å². The summed E-state index contributed by atoms with van der Waals surface area (Å²) in [5.41, 5.74) is 0.0989. The van der Waals surface area contributed by atoms with Crippen molar-refractivity contribution in [2.75, 3.05) is 13.2 Å². The first kappa shape index (κ1) is 14.9.